The van der Waals surface area contributed by atoms with Crippen molar-refractivity contribution in [3.05, 3.63) is 22.8 Å². The predicted octanol–water partition coefficient (Wildman–Crippen LogP) is 2.83. The van der Waals surface area contributed by atoms with Gasteiger partial charge in [0, 0.05) is 31.9 Å². The first-order valence-corrected chi connectivity index (χ1v) is 6.67. The van der Waals surface area contributed by atoms with E-state index >= 15 is 0 Å². The Morgan fingerprint density at radius 3 is 2.76 bits per heavy atom. The minimum absolute atomic E-state index is 0.467. The summed E-state index contributed by atoms with van der Waals surface area (Å²) in [6.07, 6.45) is 4.31. The minimum atomic E-state index is 0.467. The van der Waals surface area contributed by atoms with Gasteiger partial charge in [0.1, 0.15) is 5.82 Å². The topological polar surface area (TPSA) is 28.2 Å². The Morgan fingerprint density at radius 1 is 1.41 bits per heavy atom. The zero-order valence-corrected chi connectivity index (χ0v) is 11.3. The van der Waals surface area contributed by atoms with E-state index in [-0.39, 0.29) is 0 Å². The zero-order chi connectivity index (χ0) is 12.3. The third kappa shape index (κ3) is 3.33. The van der Waals surface area contributed by atoms with Crippen molar-refractivity contribution in [1.82, 2.24) is 10.3 Å². The van der Waals surface area contributed by atoms with Gasteiger partial charge < -0.3 is 10.2 Å². The maximum absolute atomic E-state index is 6.17. The van der Waals surface area contributed by atoms with Gasteiger partial charge in [-0.3, -0.25) is 0 Å². The van der Waals surface area contributed by atoms with E-state index in [4.69, 9.17) is 11.6 Å². The Kier molecular flexibility index (Phi) is 4.24. The Balaban J connectivity index is 2.11. The molecule has 17 heavy (non-hydrogen) atoms. The van der Waals surface area contributed by atoms with Crippen LogP contribution in [0.1, 0.15) is 32.3 Å². The zero-order valence-electron chi connectivity index (χ0n) is 10.5. The van der Waals surface area contributed by atoms with Gasteiger partial charge in [0.2, 0.25) is 0 Å². The summed E-state index contributed by atoms with van der Waals surface area (Å²) < 4.78 is 0. The number of pyridine rings is 1. The second-order valence-corrected chi connectivity index (χ2v) is 5.27. The highest BCUT2D eigenvalue weighted by atomic mass is 35.5. The molecule has 0 aromatic carbocycles. The van der Waals surface area contributed by atoms with Crippen LogP contribution in [0.15, 0.2) is 12.3 Å². The molecule has 1 aromatic rings. The highest BCUT2D eigenvalue weighted by Gasteiger charge is 2.14. The van der Waals surface area contributed by atoms with E-state index in [1.807, 2.05) is 0 Å². The van der Waals surface area contributed by atoms with Gasteiger partial charge >= 0.3 is 0 Å². The summed E-state index contributed by atoms with van der Waals surface area (Å²) in [5.74, 6) is 1.06. The van der Waals surface area contributed by atoms with Crippen LogP contribution in [0.2, 0.25) is 5.02 Å². The summed E-state index contributed by atoms with van der Waals surface area (Å²) in [6, 6.07) is 2.58. The molecular formula is C13H20ClN3. The molecule has 94 valence electrons. The molecule has 3 nitrogen and oxygen atoms in total. The van der Waals surface area contributed by atoms with Crippen LogP contribution in [0, 0.1) is 0 Å². The molecule has 0 radical (unpaired) electrons. The monoisotopic (exact) mass is 253 g/mol. The van der Waals surface area contributed by atoms with Crippen LogP contribution in [-0.2, 0) is 6.54 Å². The standard InChI is InChI=1S/C13H20ClN3/c1-10(2)15-8-11-7-13(16-9-12(11)14)17-5-3-4-6-17/h7,9-10,15H,3-6,8H2,1-2H3. The molecule has 4 heteroatoms. The summed E-state index contributed by atoms with van der Waals surface area (Å²) in [4.78, 5) is 6.74. The average Bonchev–Trinajstić information content (AvgIpc) is 2.81. The van der Waals surface area contributed by atoms with Gasteiger partial charge in [0.25, 0.3) is 0 Å². The van der Waals surface area contributed by atoms with E-state index in [9.17, 15) is 0 Å². The molecule has 1 aromatic heterocycles. The molecule has 2 heterocycles. The summed E-state index contributed by atoms with van der Waals surface area (Å²) in [6.45, 7) is 7.31. The van der Waals surface area contributed by atoms with Crippen LogP contribution in [0.25, 0.3) is 0 Å². The number of rotatable bonds is 4. The van der Waals surface area contributed by atoms with Crippen LogP contribution < -0.4 is 10.2 Å². The second-order valence-electron chi connectivity index (χ2n) is 4.86. The lowest BCUT2D eigenvalue weighted by atomic mass is 10.2. The van der Waals surface area contributed by atoms with Crippen LogP contribution >= 0.6 is 11.6 Å². The first-order chi connectivity index (χ1) is 8.16. The van der Waals surface area contributed by atoms with Crippen molar-refractivity contribution in [2.45, 2.75) is 39.3 Å². The smallest absolute Gasteiger partial charge is 0.128 e. The quantitative estimate of drug-likeness (QED) is 0.895. The molecule has 0 spiro atoms. The Labute approximate surface area is 108 Å². The molecule has 0 saturated carbocycles. The molecule has 1 aliphatic rings. The maximum Gasteiger partial charge on any atom is 0.128 e. The SMILES string of the molecule is CC(C)NCc1cc(N2CCCC2)ncc1Cl. The summed E-state index contributed by atoms with van der Waals surface area (Å²) in [5, 5.41) is 4.14. The predicted molar refractivity (Wildman–Crippen MR) is 72.7 cm³/mol. The van der Waals surface area contributed by atoms with Gasteiger partial charge in [0.05, 0.1) is 5.02 Å². The highest BCUT2D eigenvalue weighted by molar-refractivity contribution is 6.31. The van der Waals surface area contributed by atoms with E-state index in [0.29, 0.717) is 6.04 Å². The van der Waals surface area contributed by atoms with E-state index < -0.39 is 0 Å². The molecule has 1 N–H and O–H groups in total. The number of nitrogens with zero attached hydrogens (tertiary/aromatic N) is 2. The molecule has 1 saturated heterocycles. The summed E-state index contributed by atoms with van der Waals surface area (Å²) in [7, 11) is 0. The first kappa shape index (κ1) is 12.7. The molecule has 1 aliphatic heterocycles. The van der Waals surface area contributed by atoms with Crippen molar-refractivity contribution in [1.29, 1.82) is 0 Å². The number of halogens is 1. The average molecular weight is 254 g/mol. The van der Waals surface area contributed by atoms with E-state index in [1.54, 1.807) is 6.20 Å². The third-order valence-corrected chi connectivity index (χ3v) is 3.39. The number of hydrogen-bond acceptors (Lipinski definition) is 3. The van der Waals surface area contributed by atoms with Gasteiger partial charge in [-0.05, 0) is 24.5 Å². The van der Waals surface area contributed by atoms with Gasteiger partial charge in [-0.2, -0.15) is 0 Å². The van der Waals surface area contributed by atoms with Crippen molar-refractivity contribution in [2.24, 2.45) is 0 Å². The van der Waals surface area contributed by atoms with E-state index in [2.05, 4.69) is 35.1 Å². The molecular weight excluding hydrogens is 234 g/mol. The number of nitrogens with one attached hydrogen (secondary N) is 1. The Hall–Kier alpha value is -0.800. The van der Waals surface area contributed by atoms with Crippen molar-refractivity contribution < 1.29 is 0 Å². The highest BCUT2D eigenvalue weighted by Crippen LogP contribution is 2.23. The normalized spacial score (nSPS) is 15.9. The van der Waals surface area contributed by atoms with Gasteiger partial charge in [-0.25, -0.2) is 4.98 Å². The number of aromatic nitrogens is 1. The summed E-state index contributed by atoms with van der Waals surface area (Å²) in [5.41, 5.74) is 1.14. The van der Waals surface area contributed by atoms with Crippen molar-refractivity contribution in [3.63, 3.8) is 0 Å². The van der Waals surface area contributed by atoms with Crippen molar-refractivity contribution in [2.75, 3.05) is 18.0 Å². The number of hydrogen-bond donors (Lipinski definition) is 1. The lowest BCUT2D eigenvalue weighted by Crippen LogP contribution is -2.23. The fraction of sp³-hybridized carbons (Fsp3) is 0.615. The molecule has 0 bridgehead atoms. The Morgan fingerprint density at radius 2 is 2.12 bits per heavy atom. The van der Waals surface area contributed by atoms with Gasteiger partial charge in [0.15, 0.2) is 0 Å². The molecule has 1 fully saturated rings. The first-order valence-electron chi connectivity index (χ1n) is 6.29. The van der Waals surface area contributed by atoms with Crippen molar-refractivity contribution >= 4 is 17.4 Å². The second kappa shape index (κ2) is 5.69. The largest absolute Gasteiger partial charge is 0.357 e. The van der Waals surface area contributed by atoms with E-state index in [1.165, 1.54) is 12.8 Å². The minimum Gasteiger partial charge on any atom is -0.357 e. The number of anilines is 1. The van der Waals surface area contributed by atoms with Gasteiger partial charge in [-0.1, -0.05) is 25.4 Å². The maximum atomic E-state index is 6.17. The van der Waals surface area contributed by atoms with Crippen LogP contribution in [0.4, 0.5) is 5.82 Å². The Bertz CT molecular complexity index is 373. The van der Waals surface area contributed by atoms with E-state index in [0.717, 1.165) is 36.0 Å². The molecule has 0 amide bonds. The van der Waals surface area contributed by atoms with Crippen LogP contribution in [0.3, 0.4) is 0 Å². The fourth-order valence-electron chi connectivity index (χ4n) is 2.04. The van der Waals surface area contributed by atoms with Crippen LogP contribution in [0.5, 0.6) is 0 Å². The molecule has 2 rings (SSSR count). The lowest BCUT2D eigenvalue weighted by molar-refractivity contribution is 0.588. The third-order valence-electron chi connectivity index (χ3n) is 3.05. The lowest BCUT2D eigenvalue weighted by Gasteiger charge is -2.18. The molecule has 0 unspecified atom stereocenters. The molecule has 0 atom stereocenters. The fourth-order valence-corrected chi connectivity index (χ4v) is 2.21. The van der Waals surface area contributed by atoms with Gasteiger partial charge in [-0.15, -0.1) is 0 Å². The molecule has 0 aliphatic carbocycles. The summed E-state index contributed by atoms with van der Waals surface area (Å²) >= 11 is 6.17. The van der Waals surface area contributed by atoms with Crippen LogP contribution in [-0.4, -0.2) is 24.1 Å². The van der Waals surface area contributed by atoms with Crippen molar-refractivity contribution in [3.8, 4) is 0 Å².